The maximum atomic E-state index is 13.4. The molecule has 0 spiro atoms. The Morgan fingerprint density at radius 1 is 0.873 bits per heavy atom. The summed E-state index contributed by atoms with van der Waals surface area (Å²) in [5.74, 6) is -0.648. The molecule has 1 unspecified atom stereocenters. The first-order valence-electron chi connectivity index (χ1n) is 17.8. The molecular weight excluding hydrogens is 755 g/mol. The van der Waals surface area contributed by atoms with Crippen LogP contribution in [-0.4, -0.2) is 68.0 Å². The number of carbonyl (C=O) groups excluding carboxylic acids is 3. The summed E-state index contributed by atoms with van der Waals surface area (Å²) in [5, 5.41) is 39.3. The number of esters is 3. The fourth-order valence-corrected chi connectivity index (χ4v) is 5.92. The fraction of sp³-hybridized carbons (Fsp3) is 0.553. The van der Waals surface area contributed by atoms with Gasteiger partial charge in [0.2, 0.25) is 0 Å². The number of non-ortho nitro benzene ring substituents is 1. The van der Waals surface area contributed by atoms with Crippen LogP contribution in [-0.2, 0) is 23.9 Å². The molecule has 0 aromatic heterocycles. The number of carbonyl (C=O) groups is 3. The standard InChI is InChI=1S/C38H48Cl2N6O9/c1-26(23-38(2,3)4)18-36(49)55-32-22-31(45(14-6-8-16-53-34(47)10-12-39)15-7-9-17-54-35(48)11-13-40)33(52-5)21-30(32)43-44-37-27(24-41)19-29(46(50)51)20-28(37)25-42/h19-22,26H,6-18,23H2,1-5H3/b44-43+. The van der Waals surface area contributed by atoms with Crippen LogP contribution in [0.1, 0.15) is 90.2 Å². The van der Waals surface area contributed by atoms with E-state index in [-0.39, 0.29) is 95.8 Å². The number of nitriles is 2. The first-order valence-corrected chi connectivity index (χ1v) is 18.9. The number of nitrogens with zero attached hydrogens (tertiary/aromatic N) is 6. The first-order chi connectivity index (χ1) is 26.2. The number of unbranched alkanes of at least 4 members (excludes halogenated alkanes) is 2. The molecule has 0 saturated carbocycles. The molecule has 55 heavy (non-hydrogen) atoms. The lowest BCUT2D eigenvalue weighted by atomic mass is 9.84. The summed E-state index contributed by atoms with van der Waals surface area (Å²) in [6.45, 7) is 9.51. The van der Waals surface area contributed by atoms with Crippen LogP contribution in [0.15, 0.2) is 34.5 Å². The summed E-state index contributed by atoms with van der Waals surface area (Å²) in [4.78, 5) is 49.6. The summed E-state index contributed by atoms with van der Waals surface area (Å²) in [7, 11) is 1.45. The molecule has 1 atom stereocenters. The van der Waals surface area contributed by atoms with E-state index in [0.29, 0.717) is 50.2 Å². The molecule has 0 fully saturated rings. The third-order valence-electron chi connectivity index (χ3n) is 7.87. The molecule has 0 aliphatic rings. The quantitative estimate of drug-likeness (QED) is 0.0196. The Balaban J connectivity index is 2.59. The zero-order chi connectivity index (χ0) is 41.0. The van der Waals surface area contributed by atoms with E-state index in [4.69, 9.17) is 42.1 Å². The van der Waals surface area contributed by atoms with Gasteiger partial charge >= 0.3 is 17.9 Å². The number of methoxy groups -OCH3 is 1. The first kappa shape index (κ1) is 46.2. The van der Waals surface area contributed by atoms with Crippen LogP contribution in [0.5, 0.6) is 11.5 Å². The van der Waals surface area contributed by atoms with Crippen molar-refractivity contribution in [3.63, 3.8) is 0 Å². The normalized spacial score (nSPS) is 11.7. The van der Waals surface area contributed by atoms with Gasteiger partial charge in [-0.25, -0.2) is 0 Å². The fourth-order valence-electron chi connectivity index (χ4n) is 5.61. The van der Waals surface area contributed by atoms with Crippen LogP contribution in [0.2, 0.25) is 0 Å². The molecule has 2 rings (SSSR count). The number of alkyl halides is 2. The lowest BCUT2D eigenvalue weighted by molar-refractivity contribution is -0.384. The molecule has 17 heteroatoms. The van der Waals surface area contributed by atoms with E-state index < -0.39 is 16.6 Å². The summed E-state index contributed by atoms with van der Waals surface area (Å²) >= 11 is 11.3. The van der Waals surface area contributed by atoms with Gasteiger partial charge in [0.25, 0.3) is 5.69 Å². The second kappa shape index (κ2) is 23.7. The van der Waals surface area contributed by atoms with E-state index in [2.05, 4.69) is 31.0 Å². The van der Waals surface area contributed by atoms with Crippen molar-refractivity contribution in [1.29, 1.82) is 10.5 Å². The van der Waals surface area contributed by atoms with Crippen molar-refractivity contribution in [3.05, 3.63) is 45.5 Å². The number of hydrogen-bond donors (Lipinski definition) is 0. The van der Waals surface area contributed by atoms with Gasteiger partial charge in [0.1, 0.15) is 29.3 Å². The number of halogens is 2. The lowest BCUT2D eigenvalue weighted by Crippen LogP contribution is -2.27. The van der Waals surface area contributed by atoms with Gasteiger partial charge in [-0.15, -0.1) is 33.4 Å². The second-order valence-corrected chi connectivity index (χ2v) is 14.6. The van der Waals surface area contributed by atoms with Crippen molar-refractivity contribution >= 4 is 63.9 Å². The van der Waals surface area contributed by atoms with Crippen molar-refractivity contribution in [2.24, 2.45) is 21.6 Å². The molecule has 0 N–H and O–H groups in total. The van der Waals surface area contributed by atoms with Gasteiger partial charge in [-0.05, 0) is 43.4 Å². The SMILES string of the molecule is COc1cc(/N=N/c2c(C#N)cc([N+](=O)[O-])cc2C#N)c(OC(=O)CC(C)CC(C)(C)C)cc1N(CCCCOC(=O)CCCl)CCCCOC(=O)CCCl. The van der Waals surface area contributed by atoms with Gasteiger partial charge in [0.05, 0.1) is 54.9 Å². The maximum Gasteiger partial charge on any atom is 0.311 e. The van der Waals surface area contributed by atoms with Gasteiger partial charge in [-0.1, -0.05) is 27.7 Å². The average molecular weight is 804 g/mol. The van der Waals surface area contributed by atoms with Crippen LogP contribution in [0.25, 0.3) is 0 Å². The molecular formula is C38H48Cl2N6O9. The Labute approximate surface area is 331 Å². The van der Waals surface area contributed by atoms with E-state index in [1.807, 2.05) is 24.0 Å². The van der Waals surface area contributed by atoms with Crippen LogP contribution in [0.4, 0.5) is 22.7 Å². The van der Waals surface area contributed by atoms with Gasteiger partial charge in [-0.3, -0.25) is 24.5 Å². The van der Waals surface area contributed by atoms with Gasteiger partial charge in [-0.2, -0.15) is 10.5 Å². The highest BCUT2D eigenvalue weighted by molar-refractivity contribution is 6.19. The number of ether oxygens (including phenoxy) is 4. The van der Waals surface area contributed by atoms with Crippen molar-refractivity contribution < 1.29 is 38.3 Å². The molecule has 2 aromatic rings. The number of hydrogen-bond acceptors (Lipinski definition) is 14. The Kier molecular flexibility index (Phi) is 19.9. The van der Waals surface area contributed by atoms with Crippen LogP contribution < -0.4 is 14.4 Å². The molecule has 298 valence electrons. The van der Waals surface area contributed by atoms with Crippen molar-refractivity contribution in [1.82, 2.24) is 0 Å². The number of rotatable bonds is 23. The molecule has 0 heterocycles. The predicted molar refractivity (Wildman–Crippen MR) is 206 cm³/mol. The van der Waals surface area contributed by atoms with E-state index in [1.165, 1.54) is 13.2 Å². The number of nitro benzene ring substituents is 1. The number of azo groups is 1. The summed E-state index contributed by atoms with van der Waals surface area (Å²) in [6.07, 6.45) is 3.35. The van der Waals surface area contributed by atoms with Crippen molar-refractivity contribution in [3.8, 4) is 23.6 Å². The lowest BCUT2D eigenvalue weighted by Gasteiger charge is -2.27. The minimum Gasteiger partial charge on any atom is -0.494 e. The largest absolute Gasteiger partial charge is 0.494 e. The average Bonchev–Trinajstić information content (AvgIpc) is 3.11. The molecule has 0 bridgehead atoms. The Hall–Kier alpha value is -4.99. The molecule has 0 aliphatic carbocycles. The van der Waals surface area contributed by atoms with Crippen molar-refractivity contribution in [2.75, 3.05) is 50.1 Å². The van der Waals surface area contributed by atoms with Crippen molar-refractivity contribution in [2.45, 2.75) is 79.1 Å². The molecule has 0 aliphatic heterocycles. The number of anilines is 1. The van der Waals surface area contributed by atoms with Gasteiger partial charge in [0.15, 0.2) is 5.75 Å². The van der Waals surface area contributed by atoms with Crippen LogP contribution in [0, 0.1) is 44.1 Å². The van der Waals surface area contributed by atoms with E-state index >= 15 is 0 Å². The highest BCUT2D eigenvalue weighted by atomic mass is 35.5. The zero-order valence-electron chi connectivity index (χ0n) is 31.9. The third-order valence-corrected chi connectivity index (χ3v) is 8.25. The maximum absolute atomic E-state index is 13.4. The summed E-state index contributed by atoms with van der Waals surface area (Å²) in [5.41, 5.74) is -0.619. The molecule has 0 radical (unpaired) electrons. The van der Waals surface area contributed by atoms with E-state index in [0.717, 1.165) is 18.6 Å². The van der Waals surface area contributed by atoms with Crippen LogP contribution in [0.3, 0.4) is 0 Å². The summed E-state index contributed by atoms with van der Waals surface area (Å²) in [6, 6.07) is 8.72. The molecule has 0 saturated heterocycles. The molecule has 15 nitrogen and oxygen atoms in total. The Bertz CT molecular complexity index is 1690. The summed E-state index contributed by atoms with van der Waals surface area (Å²) < 4.78 is 22.2. The second-order valence-electron chi connectivity index (χ2n) is 13.8. The molecule has 0 amide bonds. The van der Waals surface area contributed by atoms with Gasteiger partial charge < -0.3 is 23.8 Å². The zero-order valence-corrected chi connectivity index (χ0v) is 33.4. The highest BCUT2D eigenvalue weighted by Gasteiger charge is 2.23. The molecule has 2 aromatic carbocycles. The number of benzene rings is 2. The van der Waals surface area contributed by atoms with E-state index in [9.17, 15) is 35.0 Å². The minimum atomic E-state index is -0.724. The smallest absolute Gasteiger partial charge is 0.311 e. The highest BCUT2D eigenvalue weighted by Crippen LogP contribution is 2.42. The Morgan fingerprint density at radius 2 is 1.42 bits per heavy atom. The van der Waals surface area contributed by atoms with E-state index in [1.54, 1.807) is 6.07 Å². The van der Waals surface area contributed by atoms with Crippen LogP contribution >= 0.6 is 23.2 Å². The van der Waals surface area contributed by atoms with Gasteiger partial charge in [0, 0.05) is 55.5 Å². The topological polar surface area (TPSA) is 207 Å². The monoisotopic (exact) mass is 802 g/mol. The minimum absolute atomic E-state index is 0.0136. The number of nitro groups is 1. The predicted octanol–water partition coefficient (Wildman–Crippen LogP) is 8.84. The third kappa shape index (κ3) is 16.5. The Morgan fingerprint density at radius 3 is 1.87 bits per heavy atom.